The first-order chi connectivity index (χ1) is 14.6. The molecule has 0 atom stereocenters. The third-order valence-electron chi connectivity index (χ3n) is 5.25. The number of hydrogen-bond acceptors (Lipinski definition) is 4. The molecule has 2 aromatic carbocycles. The molecule has 4 rings (SSSR count). The summed E-state index contributed by atoms with van der Waals surface area (Å²) in [5.74, 6) is -0.00110. The van der Waals surface area contributed by atoms with E-state index in [9.17, 15) is 9.59 Å². The number of aromatic nitrogens is 1. The predicted molar refractivity (Wildman–Crippen MR) is 119 cm³/mol. The van der Waals surface area contributed by atoms with Crippen molar-refractivity contribution in [1.29, 1.82) is 0 Å². The maximum Gasteiger partial charge on any atom is 0.253 e. The topological polar surface area (TPSA) is 62.3 Å². The summed E-state index contributed by atoms with van der Waals surface area (Å²) in [5.41, 5.74) is 4.65. The minimum atomic E-state index is -0.0768. The monoisotopic (exact) mass is 419 g/mol. The van der Waals surface area contributed by atoms with Crippen molar-refractivity contribution < 1.29 is 9.59 Å². The van der Waals surface area contributed by atoms with Crippen molar-refractivity contribution in [2.45, 2.75) is 32.7 Å². The van der Waals surface area contributed by atoms with Crippen molar-refractivity contribution >= 4 is 23.2 Å². The molecule has 2 heterocycles. The Morgan fingerprint density at radius 1 is 1.10 bits per heavy atom. The van der Waals surface area contributed by atoms with Gasteiger partial charge in [-0.25, -0.2) is 4.98 Å². The van der Waals surface area contributed by atoms with Gasteiger partial charge < -0.3 is 10.2 Å². The molecule has 1 N–H and O–H groups in total. The highest BCUT2D eigenvalue weighted by Crippen LogP contribution is 2.24. The first-order valence-corrected chi connectivity index (χ1v) is 11.1. The molecule has 0 radical (unpaired) electrons. The van der Waals surface area contributed by atoms with E-state index in [1.54, 1.807) is 11.3 Å². The smallest absolute Gasteiger partial charge is 0.253 e. The lowest BCUT2D eigenvalue weighted by molar-refractivity contribution is -0.120. The van der Waals surface area contributed by atoms with E-state index < -0.39 is 0 Å². The van der Waals surface area contributed by atoms with Crippen molar-refractivity contribution in [1.82, 2.24) is 15.2 Å². The van der Waals surface area contributed by atoms with E-state index in [1.165, 1.54) is 5.56 Å². The molecule has 0 saturated carbocycles. The molecule has 1 aromatic heterocycles. The van der Waals surface area contributed by atoms with Gasteiger partial charge in [-0.2, -0.15) is 0 Å². The Labute approximate surface area is 180 Å². The quantitative estimate of drug-likeness (QED) is 0.651. The van der Waals surface area contributed by atoms with Gasteiger partial charge >= 0.3 is 0 Å². The molecule has 1 aliphatic rings. The fourth-order valence-electron chi connectivity index (χ4n) is 3.56. The molecule has 30 heavy (non-hydrogen) atoms. The zero-order valence-corrected chi connectivity index (χ0v) is 17.9. The Hall–Kier alpha value is -2.99. The third kappa shape index (κ3) is 4.94. The van der Waals surface area contributed by atoms with Gasteiger partial charge in [0, 0.05) is 36.1 Å². The molecule has 1 fully saturated rings. The fourth-order valence-corrected chi connectivity index (χ4v) is 4.39. The molecule has 5 nitrogen and oxygen atoms in total. The highest BCUT2D eigenvalue weighted by Gasteiger charge is 2.19. The van der Waals surface area contributed by atoms with Crippen molar-refractivity contribution in [3.8, 4) is 10.6 Å². The number of benzene rings is 2. The summed E-state index contributed by atoms with van der Waals surface area (Å²) >= 11 is 1.55. The Balaban J connectivity index is 1.32. The van der Waals surface area contributed by atoms with Gasteiger partial charge in [-0.1, -0.05) is 42.0 Å². The van der Waals surface area contributed by atoms with Gasteiger partial charge in [-0.05, 0) is 37.5 Å². The van der Waals surface area contributed by atoms with Crippen LogP contribution in [0.4, 0.5) is 0 Å². The average molecular weight is 420 g/mol. The maximum atomic E-state index is 12.5. The second-order valence-electron chi connectivity index (χ2n) is 7.66. The minimum Gasteiger partial charge on any atom is -0.352 e. The lowest BCUT2D eigenvalue weighted by Crippen LogP contribution is -2.28. The Kier molecular flexibility index (Phi) is 6.23. The largest absolute Gasteiger partial charge is 0.352 e. The first-order valence-electron chi connectivity index (χ1n) is 10.2. The molecule has 6 heteroatoms. The van der Waals surface area contributed by atoms with Gasteiger partial charge in [-0.15, -0.1) is 11.3 Å². The van der Waals surface area contributed by atoms with Crippen LogP contribution in [-0.2, 0) is 17.8 Å². The van der Waals surface area contributed by atoms with Crippen LogP contribution in [0.1, 0.15) is 40.0 Å². The summed E-state index contributed by atoms with van der Waals surface area (Å²) in [6, 6.07) is 15.7. The van der Waals surface area contributed by atoms with Gasteiger partial charge in [0.1, 0.15) is 5.01 Å². The molecule has 1 saturated heterocycles. The van der Waals surface area contributed by atoms with Gasteiger partial charge in [0.25, 0.3) is 5.91 Å². The summed E-state index contributed by atoms with van der Waals surface area (Å²) in [5, 5.41) is 5.80. The van der Waals surface area contributed by atoms with Crippen LogP contribution in [0, 0.1) is 6.92 Å². The van der Waals surface area contributed by atoms with Crippen LogP contribution in [0.2, 0.25) is 0 Å². The van der Waals surface area contributed by atoms with Crippen molar-refractivity contribution in [3.05, 3.63) is 76.3 Å². The number of carbonyl (C=O) groups is 2. The van der Waals surface area contributed by atoms with E-state index in [-0.39, 0.29) is 18.2 Å². The molecule has 154 valence electrons. The Morgan fingerprint density at radius 2 is 1.87 bits per heavy atom. The highest BCUT2D eigenvalue weighted by atomic mass is 32.1. The molecule has 3 aromatic rings. The highest BCUT2D eigenvalue weighted by molar-refractivity contribution is 7.13. The summed E-state index contributed by atoms with van der Waals surface area (Å²) in [4.78, 5) is 31.4. The lowest BCUT2D eigenvalue weighted by atomic mass is 10.1. The Morgan fingerprint density at radius 3 is 2.63 bits per heavy atom. The number of carbonyl (C=O) groups excluding carboxylic acids is 2. The average Bonchev–Trinajstić information content (AvgIpc) is 3.45. The van der Waals surface area contributed by atoms with E-state index in [2.05, 4.69) is 41.5 Å². The third-order valence-corrected chi connectivity index (χ3v) is 6.19. The molecule has 0 unspecified atom stereocenters. The van der Waals surface area contributed by atoms with Crippen molar-refractivity contribution in [2.75, 3.05) is 13.1 Å². The summed E-state index contributed by atoms with van der Waals surface area (Å²) in [6.07, 6.45) is 2.39. The van der Waals surface area contributed by atoms with Crippen LogP contribution in [0.5, 0.6) is 0 Å². The van der Waals surface area contributed by atoms with E-state index >= 15 is 0 Å². The normalized spacial score (nSPS) is 13.4. The van der Waals surface area contributed by atoms with Crippen LogP contribution < -0.4 is 5.32 Å². The standard InChI is InChI=1S/C24H25N3O2S/c1-17-7-9-19(10-8-17)23-26-21(16-30-23)14-22(28)25-15-18-5-4-6-20(13-18)24(29)27-11-2-3-12-27/h4-10,13,16H,2-3,11-12,14-15H2,1H3,(H,25,28). The number of nitrogens with one attached hydrogen (secondary N) is 1. The zero-order chi connectivity index (χ0) is 20.9. The van der Waals surface area contributed by atoms with Crippen molar-refractivity contribution in [3.63, 3.8) is 0 Å². The first kappa shape index (κ1) is 20.3. The molecule has 0 bridgehead atoms. The summed E-state index contributed by atoms with van der Waals surface area (Å²) in [7, 11) is 0. The molecule has 0 aliphatic carbocycles. The SMILES string of the molecule is Cc1ccc(-c2nc(CC(=O)NCc3cccc(C(=O)N4CCCC4)c3)cs2)cc1. The van der Waals surface area contributed by atoms with Crippen LogP contribution in [0.15, 0.2) is 53.9 Å². The number of aryl methyl sites for hydroxylation is 1. The van der Waals surface area contributed by atoms with Crippen molar-refractivity contribution in [2.24, 2.45) is 0 Å². The van der Waals surface area contributed by atoms with Crippen LogP contribution in [0.3, 0.4) is 0 Å². The number of hydrogen-bond donors (Lipinski definition) is 1. The summed E-state index contributed by atoms with van der Waals surface area (Å²) in [6.45, 7) is 4.12. The number of thiazole rings is 1. The summed E-state index contributed by atoms with van der Waals surface area (Å²) < 4.78 is 0. The lowest BCUT2D eigenvalue weighted by Gasteiger charge is -2.15. The minimum absolute atomic E-state index is 0.0757. The van der Waals surface area contributed by atoms with E-state index in [0.717, 1.165) is 47.8 Å². The van der Waals surface area contributed by atoms with Crippen LogP contribution in [-0.4, -0.2) is 34.8 Å². The van der Waals surface area contributed by atoms with Crippen LogP contribution in [0.25, 0.3) is 10.6 Å². The number of likely N-dealkylation sites (tertiary alicyclic amines) is 1. The van der Waals surface area contributed by atoms with Gasteiger partial charge in [0.05, 0.1) is 12.1 Å². The zero-order valence-electron chi connectivity index (χ0n) is 17.1. The maximum absolute atomic E-state index is 12.5. The molecule has 2 amide bonds. The fraction of sp³-hybridized carbons (Fsp3) is 0.292. The molecule has 0 spiro atoms. The number of nitrogens with zero attached hydrogens (tertiary/aromatic N) is 2. The van der Waals surface area contributed by atoms with Gasteiger partial charge in [0.2, 0.25) is 5.91 Å². The van der Waals surface area contributed by atoms with Crippen LogP contribution >= 0.6 is 11.3 Å². The van der Waals surface area contributed by atoms with Gasteiger partial charge in [-0.3, -0.25) is 9.59 Å². The van der Waals surface area contributed by atoms with E-state index in [1.807, 2.05) is 34.5 Å². The molecular formula is C24H25N3O2S. The molecule has 1 aliphatic heterocycles. The number of rotatable bonds is 6. The van der Waals surface area contributed by atoms with E-state index in [4.69, 9.17) is 0 Å². The van der Waals surface area contributed by atoms with E-state index in [0.29, 0.717) is 12.1 Å². The molecular weight excluding hydrogens is 394 g/mol. The second-order valence-corrected chi connectivity index (χ2v) is 8.52. The predicted octanol–water partition coefficient (Wildman–Crippen LogP) is 4.21. The second kappa shape index (κ2) is 9.22. The Bertz CT molecular complexity index is 1040. The number of amides is 2. The van der Waals surface area contributed by atoms with Gasteiger partial charge in [0.15, 0.2) is 0 Å².